The fourth-order valence-corrected chi connectivity index (χ4v) is 1.78. The summed E-state index contributed by atoms with van der Waals surface area (Å²) in [7, 11) is 0. The average molecular weight is 260 g/mol. The summed E-state index contributed by atoms with van der Waals surface area (Å²) in [5.74, 6) is 0.305. The molecule has 1 nitrogen and oxygen atoms in total. The van der Waals surface area contributed by atoms with Crippen molar-refractivity contribution in [3.05, 3.63) is 34.1 Å². The van der Waals surface area contributed by atoms with Gasteiger partial charge in [0.05, 0.1) is 0 Å². The Labute approximate surface area is 92.6 Å². The topological polar surface area (TPSA) is 26.0 Å². The fraction of sp³-hybridized carbons (Fsp3) is 0.455. The molecule has 0 saturated heterocycles. The molecule has 0 aliphatic heterocycles. The summed E-state index contributed by atoms with van der Waals surface area (Å²) in [4.78, 5) is 0. The van der Waals surface area contributed by atoms with Gasteiger partial charge in [-0.25, -0.2) is 4.39 Å². The SMILES string of the molecule is CC(CCN)Cc1ccc(Br)cc1F. The molecule has 78 valence electrons. The van der Waals surface area contributed by atoms with E-state index in [1.807, 2.05) is 12.1 Å². The zero-order chi connectivity index (χ0) is 10.6. The summed E-state index contributed by atoms with van der Waals surface area (Å²) >= 11 is 3.23. The molecular weight excluding hydrogens is 245 g/mol. The largest absolute Gasteiger partial charge is 0.330 e. The third-order valence-corrected chi connectivity index (χ3v) is 2.74. The van der Waals surface area contributed by atoms with Gasteiger partial charge in [0.15, 0.2) is 0 Å². The maximum absolute atomic E-state index is 13.4. The van der Waals surface area contributed by atoms with Crippen LogP contribution < -0.4 is 5.73 Å². The van der Waals surface area contributed by atoms with E-state index in [0.717, 1.165) is 22.9 Å². The number of benzene rings is 1. The molecule has 0 amide bonds. The van der Waals surface area contributed by atoms with Gasteiger partial charge in [-0.3, -0.25) is 0 Å². The third-order valence-electron chi connectivity index (χ3n) is 2.24. The van der Waals surface area contributed by atoms with Crippen LogP contribution >= 0.6 is 15.9 Å². The third kappa shape index (κ3) is 3.39. The van der Waals surface area contributed by atoms with E-state index in [2.05, 4.69) is 22.9 Å². The van der Waals surface area contributed by atoms with Gasteiger partial charge in [-0.2, -0.15) is 0 Å². The molecule has 1 atom stereocenters. The predicted octanol–water partition coefficient (Wildman–Crippen LogP) is 3.12. The summed E-state index contributed by atoms with van der Waals surface area (Å²) in [6.45, 7) is 2.76. The Kier molecular flexibility index (Phi) is 4.55. The normalized spacial score (nSPS) is 12.9. The fourth-order valence-electron chi connectivity index (χ4n) is 1.45. The van der Waals surface area contributed by atoms with E-state index in [1.54, 1.807) is 0 Å². The Morgan fingerprint density at radius 1 is 1.50 bits per heavy atom. The van der Waals surface area contributed by atoms with Crippen LogP contribution in [0.15, 0.2) is 22.7 Å². The molecule has 1 rings (SSSR count). The Morgan fingerprint density at radius 3 is 2.79 bits per heavy atom. The van der Waals surface area contributed by atoms with E-state index < -0.39 is 0 Å². The summed E-state index contributed by atoms with van der Waals surface area (Å²) in [6.07, 6.45) is 1.70. The van der Waals surface area contributed by atoms with Gasteiger partial charge < -0.3 is 5.73 Å². The monoisotopic (exact) mass is 259 g/mol. The minimum absolute atomic E-state index is 0.136. The first-order valence-corrected chi connectivity index (χ1v) is 5.56. The maximum atomic E-state index is 13.4. The quantitative estimate of drug-likeness (QED) is 0.884. The van der Waals surface area contributed by atoms with E-state index in [-0.39, 0.29) is 5.82 Å². The molecule has 3 heteroatoms. The molecule has 14 heavy (non-hydrogen) atoms. The molecule has 0 radical (unpaired) electrons. The summed E-state index contributed by atoms with van der Waals surface area (Å²) in [5.41, 5.74) is 6.22. The molecule has 0 aliphatic carbocycles. The highest BCUT2D eigenvalue weighted by atomic mass is 79.9. The van der Waals surface area contributed by atoms with Gasteiger partial charge in [-0.15, -0.1) is 0 Å². The number of halogens is 2. The molecular formula is C11H15BrFN. The molecule has 1 aromatic carbocycles. The van der Waals surface area contributed by atoms with Gasteiger partial charge >= 0.3 is 0 Å². The first-order valence-electron chi connectivity index (χ1n) is 4.77. The minimum atomic E-state index is -0.136. The van der Waals surface area contributed by atoms with E-state index in [0.29, 0.717) is 12.5 Å². The minimum Gasteiger partial charge on any atom is -0.330 e. The molecule has 0 aliphatic rings. The summed E-state index contributed by atoms with van der Waals surface area (Å²) in [6, 6.07) is 5.20. The molecule has 0 bridgehead atoms. The second-order valence-corrected chi connectivity index (χ2v) is 4.54. The van der Waals surface area contributed by atoms with E-state index in [9.17, 15) is 4.39 Å². The summed E-state index contributed by atoms with van der Waals surface area (Å²) in [5, 5.41) is 0. The van der Waals surface area contributed by atoms with Crippen molar-refractivity contribution >= 4 is 15.9 Å². The predicted molar refractivity (Wildman–Crippen MR) is 60.6 cm³/mol. The van der Waals surface area contributed by atoms with Crippen LogP contribution in [-0.2, 0) is 6.42 Å². The molecule has 0 fully saturated rings. The van der Waals surface area contributed by atoms with Crippen LogP contribution in [0.2, 0.25) is 0 Å². The highest BCUT2D eigenvalue weighted by molar-refractivity contribution is 9.10. The van der Waals surface area contributed by atoms with Crippen LogP contribution in [0.25, 0.3) is 0 Å². The zero-order valence-electron chi connectivity index (χ0n) is 8.26. The molecule has 0 saturated carbocycles. The van der Waals surface area contributed by atoms with Crippen molar-refractivity contribution < 1.29 is 4.39 Å². The van der Waals surface area contributed by atoms with Crippen LogP contribution in [0.3, 0.4) is 0 Å². The Balaban J connectivity index is 2.67. The van der Waals surface area contributed by atoms with Gasteiger partial charge in [-0.05, 0) is 43.0 Å². The van der Waals surface area contributed by atoms with Crippen molar-refractivity contribution in [2.45, 2.75) is 19.8 Å². The number of rotatable bonds is 4. The average Bonchev–Trinajstić information content (AvgIpc) is 2.10. The second kappa shape index (κ2) is 5.47. The molecule has 2 N–H and O–H groups in total. The lowest BCUT2D eigenvalue weighted by molar-refractivity contribution is 0.516. The standard InChI is InChI=1S/C11H15BrFN/c1-8(4-5-14)6-9-2-3-10(12)7-11(9)13/h2-3,7-8H,4-6,14H2,1H3. The Hall–Kier alpha value is -0.410. The van der Waals surface area contributed by atoms with Crippen molar-refractivity contribution in [1.82, 2.24) is 0 Å². The first kappa shape index (κ1) is 11.7. The molecule has 0 spiro atoms. The smallest absolute Gasteiger partial charge is 0.127 e. The highest BCUT2D eigenvalue weighted by Crippen LogP contribution is 2.18. The number of nitrogens with two attached hydrogens (primary N) is 1. The Morgan fingerprint density at radius 2 is 2.21 bits per heavy atom. The van der Waals surface area contributed by atoms with Crippen molar-refractivity contribution in [1.29, 1.82) is 0 Å². The van der Waals surface area contributed by atoms with E-state index >= 15 is 0 Å². The van der Waals surface area contributed by atoms with Crippen LogP contribution in [-0.4, -0.2) is 6.54 Å². The Bertz CT molecular complexity index is 301. The second-order valence-electron chi connectivity index (χ2n) is 3.62. The zero-order valence-corrected chi connectivity index (χ0v) is 9.85. The van der Waals surface area contributed by atoms with Gasteiger partial charge in [0.2, 0.25) is 0 Å². The molecule has 1 unspecified atom stereocenters. The van der Waals surface area contributed by atoms with Gasteiger partial charge in [-0.1, -0.05) is 28.9 Å². The van der Waals surface area contributed by atoms with Crippen LogP contribution in [0.1, 0.15) is 18.9 Å². The number of hydrogen-bond acceptors (Lipinski definition) is 1. The maximum Gasteiger partial charge on any atom is 0.127 e. The molecule has 0 heterocycles. The van der Waals surface area contributed by atoms with Gasteiger partial charge in [0, 0.05) is 4.47 Å². The van der Waals surface area contributed by atoms with Crippen LogP contribution in [0, 0.1) is 11.7 Å². The van der Waals surface area contributed by atoms with E-state index in [1.165, 1.54) is 6.07 Å². The molecule has 1 aromatic rings. The van der Waals surface area contributed by atoms with Crippen LogP contribution in [0.5, 0.6) is 0 Å². The lowest BCUT2D eigenvalue weighted by Gasteiger charge is -2.10. The van der Waals surface area contributed by atoms with Crippen LogP contribution in [0.4, 0.5) is 4.39 Å². The van der Waals surface area contributed by atoms with Gasteiger partial charge in [0.25, 0.3) is 0 Å². The number of hydrogen-bond donors (Lipinski definition) is 1. The lowest BCUT2D eigenvalue weighted by Crippen LogP contribution is -2.08. The molecule has 0 aromatic heterocycles. The summed E-state index contributed by atoms with van der Waals surface area (Å²) < 4.78 is 14.2. The van der Waals surface area contributed by atoms with Gasteiger partial charge in [0.1, 0.15) is 5.82 Å². The lowest BCUT2D eigenvalue weighted by atomic mass is 9.98. The van der Waals surface area contributed by atoms with Crippen molar-refractivity contribution in [2.75, 3.05) is 6.54 Å². The highest BCUT2D eigenvalue weighted by Gasteiger charge is 2.07. The van der Waals surface area contributed by atoms with Crippen molar-refractivity contribution in [3.8, 4) is 0 Å². The van der Waals surface area contributed by atoms with Crippen molar-refractivity contribution in [3.63, 3.8) is 0 Å². The van der Waals surface area contributed by atoms with Crippen molar-refractivity contribution in [2.24, 2.45) is 11.7 Å². The van der Waals surface area contributed by atoms with E-state index in [4.69, 9.17) is 5.73 Å². The first-order chi connectivity index (χ1) is 6.63.